The van der Waals surface area contributed by atoms with Crippen molar-refractivity contribution in [2.24, 2.45) is 0 Å². The molecule has 0 spiro atoms. The highest BCUT2D eigenvalue weighted by atomic mass is 35.5. The number of nitrogens with zero attached hydrogens (tertiary/aromatic N) is 2. The minimum absolute atomic E-state index is 0.0386. The van der Waals surface area contributed by atoms with Gasteiger partial charge >= 0.3 is 18.3 Å². The van der Waals surface area contributed by atoms with Gasteiger partial charge in [0.2, 0.25) is 0 Å². The highest BCUT2D eigenvalue weighted by Crippen LogP contribution is 2.37. The average molecular weight is 590 g/mol. The van der Waals surface area contributed by atoms with Crippen molar-refractivity contribution >= 4 is 50.6 Å². The summed E-state index contributed by atoms with van der Waals surface area (Å²) in [6.45, 7) is 1.49. The first kappa shape index (κ1) is 28.1. The lowest BCUT2D eigenvalue weighted by atomic mass is 10.0. The fourth-order valence-electron chi connectivity index (χ4n) is 3.54. The molecule has 7 nitrogen and oxygen atoms in total. The van der Waals surface area contributed by atoms with Crippen molar-refractivity contribution in [1.29, 1.82) is 0 Å². The number of carbonyl (C=O) groups is 2. The summed E-state index contributed by atoms with van der Waals surface area (Å²) in [5, 5.41) is 7.22. The van der Waals surface area contributed by atoms with Crippen LogP contribution in [0.4, 0.5) is 31.3 Å². The predicted octanol–water partition coefficient (Wildman–Crippen LogP) is 6.57. The Labute approximate surface area is 223 Å². The molecule has 0 radical (unpaired) electrons. The number of hydrogen-bond donors (Lipinski definition) is 1. The van der Waals surface area contributed by atoms with Gasteiger partial charge in [-0.15, -0.1) is 11.3 Å². The lowest BCUT2D eigenvalue weighted by Gasteiger charge is -2.14. The van der Waals surface area contributed by atoms with E-state index in [4.69, 9.17) is 16.3 Å². The lowest BCUT2D eigenvalue weighted by molar-refractivity contribution is -0.143. The Morgan fingerprint density at radius 2 is 1.69 bits per heavy atom. The summed E-state index contributed by atoms with van der Waals surface area (Å²) in [4.78, 5) is 38.9. The minimum atomic E-state index is -5.17. The largest absolute Gasteiger partial charge is 0.461 e. The summed E-state index contributed by atoms with van der Waals surface area (Å²) in [6, 6.07) is 6.24. The monoisotopic (exact) mass is 589 g/mol. The summed E-state index contributed by atoms with van der Waals surface area (Å²) in [7, 11) is 0. The van der Waals surface area contributed by atoms with Crippen molar-refractivity contribution in [3.63, 3.8) is 0 Å². The second-order valence-electron chi connectivity index (χ2n) is 7.87. The molecule has 0 saturated carbocycles. The fraction of sp³-hybridized carbons (Fsp3) is 0.167. The van der Waals surface area contributed by atoms with Gasteiger partial charge in [0.25, 0.3) is 11.5 Å². The Morgan fingerprint density at radius 3 is 2.26 bits per heavy atom. The summed E-state index contributed by atoms with van der Waals surface area (Å²) in [6.07, 6.45) is -10.3. The molecule has 1 N–H and O–H groups in total. The van der Waals surface area contributed by atoms with Crippen molar-refractivity contribution < 1.29 is 40.7 Å². The highest BCUT2D eigenvalue weighted by Gasteiger charge is 2.37. The van der Waals surface area contributed by atoms with Crippen LogP contribution >= 0.6 is 22.9 Å². The Bertz CT molecular complexity index is 1630. The number of aromatic nitrogens is 2. The summed E-state index contributed by atoms with van der Waals surface area (Å²) in [5.74, 6) is -2.26. The second-order valence-corrected chi connectivity index (χ2v) is 9.18. The standard InChI is InChI=1S/C24H14ClF6N3O4S/c1-2-38-22(37)18-16-10-39-20(17(16)21(36)34(33-18)15-5-3-4-14(25)9-15)32-19(35)11-6-12(23(26,27)28)8-13(7-11)24(29,30)31/h3-10H,2H2,1H3,(H,32,35). The number of carbonyl (C=O) groups excluding carboxylic acids is 2. The zero-order valence-corrected chi connectivity index (χ0v) is 21.0. The van der Waals surface area contributed by atoms with E-state index >= 15 is 0 Å². The molecule has 4 aromatic rings. The first-order valence-corrected chi connectivity index (χ1v) is 12.0. The van der Waals surface area contributed by atoms with Gasteiger partial charge in [0.15, 0.2) is 5.69 Å². The third-order valence-corrected chi connectivity index (χ3v) is 6.38. The normalized spacial score (nSPS) is 12.0. The van der Waals surface area contributed by atoms with Gasteiger partial charge < -0.3 is 10.1 Å². The van der Waals surface area contributed by atoms with E-state index in [1.165, 1.54) is 36.6 Å². The van der Waals surface area contributed by atoms with Crippen molar-refractivity contribution in [2.75, 3.05) is 11.9 Å². The number of anilines is 1. The van der Waals surface area contributed by atoms with Crippen molar-refractivity contribution in [1.82, 2.24) is 9.78 Å². The van der Waals surface area contributed by atoms with E-state index in [-0.39, 0.29) is 57.0 Å². The van der Waals surface area contributed by atoms with Crippen molar-refractivity contribution in [3.05, 3.63) is 85.6 Å². The number of benzene rings is 2. The summed E-state index contributed by atoms with van der Waals surface area (Å²) in [5.41, 5.74) is -5.35. The molecule has 0 unspecified atom stereocenters. The van der Waals surface area contributed by atoms with Gasteiger partial charge in [-0.1, -0.05) is 17.7 Å². The summed E-state index contributed by atoms with van der Waals surface area (Å²) >= 11 is 6.72. The molecule has 39 heavy (non-hydrogen) atoms. The van der Waals surface area contributed by atoms with Gasteiger partial charge in [-0.2, -0.15) is 36.1 Å². The van der Waals surface area contributed by atoms with E-state index in [9.17, 15) is 40.7 Å². The number of fused-ring (bicyclic) bond motifs is 1. The number of amides is 1. The van der Waals surface area contributed by atoms with Gasteiger partial charge in [-0.3, -0.25) is 9.59 Å². The number of rotatable bonds is 5. The highest BCUT2D eigenvalue weighted by molar-refractivity contribution is 7.16. The average Bonchev–Trinajstić information content (AvgIpc) is 3.27. The van der Waals surface area contributed by atoms with E-state index < -0.39 is 46.5 Å². The van der Waals surface area contributed by atoms with Crippen LogP contribution in [0.1, 0.15) is 38.9 Å². The molecule has 2 aromatic carbocycles. The maximum atomic E-state index is 13.4. The lowest BCUT2D eigenvalue weighted by Crippen LogP contribution is -2.25. The van der Waals surface area contributed by atoms with Crippen LogP contribution in [-0.2, 0) is 17.1 Å². The van der Waals surface area contributed by atoms with E-state index in [1.807, 2.05) is 0 Å². The van der Waals surface area contributed by atoms with Crippen molar-refractivity contribution in [2.45, 2.75) is 19.3 Å². The molecule has 2 aromatic heterocycles. The predicted molar refractivity (Wildman–Crippen MR) is 131 cm³/mol. The third kappa shape index (κ3) is 5.76. The molecule has 1 amide bonds. The topological polar surface area (TPSA) is 90.3 Å². The smallest absolute Gasteiger partial charge is 0.416 e. The quantitative estimate of drug-likeness (QED) is 0.210. The molecule has 0 aliphatic rings. The number of nitrogens with one attached hydrogen (secondary N) is 1. The Morgan fingerprint density at radius 1 is 1.05 bits per heavy atom. The molecule has 0 aliphatic heterocycles. The fourth-order valence-corrected chi connectivity index (χ4v) is 4.65. The number of esters is 1. The van der Waals surface area contributed by atoms with E-state index in [0.717, 1.165) is 4.68 Å². The molecule has 2 heterocycles. The van der Waals surface area contributed by atoms with Gasteiger partial charge in [0, 0.05) is 21.4 Å². The third-order valence-electron chi connectivity index (χ3n) is 5.25. The van der Waals surface area contributed by atoms with Gasteiger partial charge in [-0.05, 0) is 43.3 Å². The summed E-state index contributed by atoms with van der Waals surface area (Å²) < 4.78 is 85.3. The molecule has 0 fully saturated rings. The molecule has 4 rings (SSSR count). The maximum absolute atomic E-state index is 13.4. The Hall–Kier alpha value is -3.91. The SMILES string of the molecule is CCOC(=O)c1nn(-c2cccc(Cl)c2)c(=O)c2c(NC(=O)c3cc(C(F)(F)F)cc(C(F)(F)F)c3)scc12. The number of ether oxygens (including phenoxy) is 1. The minimum Gasteiger partial charge on any atom is -0.461 e. The van der Waals surface area contributed by atoms with Gasteiger partial charge in [0.1, 0.15) is 5.00 Å². The molecule has 15 heteroatoms. The molecule has 204 valence electrons. The van der Waals surface area contributed by atoms with Crippen LogP contribution < -0.4 is 10.9 Å². The first-order valence-electron chi connectivity index (χ1n) is 10.8. The van der Waals surface area contributed by atoms with Crippen LogP contribution in [0.5, 0.6) is 0 Å². The molecule has 0 bridgehead atoms. The van der Waals surface area contributed by atoms with E-state index in [2.05, 4.69) is 10.4 Å². The molecular formula is C24H14ClF6N3O4S. The zero-order chi connectivity index (χ0) is 28.7. The Balaban J connectivity index is 1.88. The molecular weight excluding hydrogens is 576 g/mol. The zero-order valence-electron chi connectivity index (χ0n) is 19.4. The van der Waals surface area contributed by atoms with Crippen LogP contribution in [0, 0.1) is 0 Å². The molecule has 0 atom stereocenters. The number of alkyl halides is 6. The second kappa shape index (κ2) is 10.3. The van der Waals surface area contributed by atoms with E-state index in [1.54, 1.807) is 0 Å². The number of thiophene rings is 1. The van der Waals surface area contributed by atoms with Crippen LogP contribution in [0.2, 0.25) is 5.02 Å². The Kier molecular flexibility index (Phi) is 7.45. The van der Waals surface area contributed by atoms with E-state index in [0.29, 0.717) is 11.3 Å². The van der Waals surface area contributed by atoms with Gasteiger partial charge in [0.05, 0.1) is 28.8 Å². The number of halogens is 7. The maximum Gasteiger partial charge on any atom is 0.416 e. The van der Waals surface area contributed by atoms with Crippen molar-refractivity contribution in [3.8, 4) is 5.69 Å². The van der Waals surface area contributed by atoms with Crippen LogP contribution in [0.15, 0.2) is 52.6 Å². The first-order chi connectivity index (χ1) is 18.2. The number of hydrogen-bond acceptors (Lipinski definition) is 6. The van der Waals surface area contributed by atoms with Crippen LogP contribution in [0.25, 0.3) is 16.5 Å². The van der Waals surface area contributed by atoms with Crippen LogP contribution in [-0.4, -0.2) is 28.3 Å². The molecule has 0 aliphatic carbocycles. The van der Waals surface area contributed by atoms with Gasteiger partial charge in [-0.25, -0.2) is 4.79 Å². The molecule has 0 saturated heterocycles. The van der Waals surface area contributed by atoms with Crippen LogP contribution in [0.3, 0.4) is 0 Å².